The molecule has 0 atom stereocenters. The monoisotopic (exact) mass is 420 g/mol. The van der Waals surface area contributed by atoms with Gasteiger partial charge in [0.05, 0.1) is 10.5 Å². The normalized spacial score (nSPS) is 16.3. The van der Waals surface area contributed by atoms with E-state index in [2.05, 4.69) is 0 Å². The molecule has 1 heterocycles. The fraction of sp³-hybridized carbons (Fsp3) is 0.238. The molecule has 4 nitrogen and oxygen atoms in total. The molecule has 0 radical (unpaired) electrons. The average molecular weight is 420 g/mol. The molecule has 0 aromatic heterocycles. The fourth-order valence-electron chi connectivity index (χ4n) is 3.54. The second-order valence-corrected chi connectivity index (χ2v) is 8.89. The Bertz CT molecular complexity index is 1140. The number of rotatable bonds is 3. The Morgan fingerprint density at radius 3 is 2.14 bits per heavy atom. The van der Waals surface area contributed by atoms with Crippen LogP contribution in [0.3, 0.4) is 0 Å². The van der Waals surface area contributed by atoms with Gasteiger partial charge < -0.3 is 4.90 Å². The molecule has 1 fully saturated rings. The van der Waals surface area contributed by atoms with Crippen molar-refractivity contribution in [1.29, 1.82) is 0 Å². The lowest BCUT2D eigenvalue weighted by atomic mass is 10.1. The van der Waals surface area contributed by atoms with E-state index in [1.165, 1.54) is 10.4 Å². The molecule has 0 amide bonds. The summed E-state index contributed by atoms with van der Waals surface area (Å²) in [6, 6.07) is 17.7. The summed E-state index contributed by atoms with van der Waals surface area (Å²) in [5.74, 6) is 0. The maximum atomic E-state index is 13.0. The van der Waals surface area contributed by atoms with Gasteiger partial charge >= 0.3 is 6.18 Å². The van der Waals surface area contributed by atoms with Crippen molar-refractivity contribution in [1.82, 2.24) is 4.31 Å². The van der Waals surface area contributed by atoms with Gasteiger partial charge in [-0.25, -0.2) is 8.42 Å². The second-order valence-electron chi connectivity index (χ2n) is 6.95. The van der Waals surface area contributed by atoms with E-state index in [-0.39, 0.29) is 18.0 Å². The molecule has 8 heteroatoms. The van der Waals surface area contributed by atoms with Crippen LogP contribution in [0.5, 0.6) is 0 Å². The van der Waals surface area contributed by atoms with Gasteiger partial charge in [-0.05, 0) is 41.1 Å². The number of nitrogens with zero attached hydrogens (tertiary/aromatic N) is 2. The van der Waals surface area contributed by atoms with Gasteiger partial charge in [0, 0.05) is 31.9 Å². The summed E-state index contributed by atoms with van der Waals surface area (Å²) in [4.78, 5) is 2.01. The molecule has 0 aliphatic carbocycles. The highest BCUT2D eigenvalue weighted by Gasteiger charge is 2.32. The summed E-state index contributed by atoms with van der Waals surface area (Å²) >= 11 is 0. The van der Waals surface area contributed by atoms with Crippen molar-refractivity contribution in [3.63, 3.8) is 0 Å². The number of piperazine rings is 1. The molecule has 0 saturated carbocycles. The predicted molar refractivity (Wildman–Crippen MR) is 106 cm³/mol. The smallest absolute Gasteiger partial charge is 0.369 e. The first kappa shape index (κ1) is 19.7. The molecule has 3 aromatic carbocycles. The van der Waals surface area contributed by atoms with Gasteiger partial charge in [-0.2, -0.15) is 17.5 Å². The summed E-state index contributed by atoms with van der Waals surface area (Å²) in [5, 5.41) is 1.80. The predicted octanol–water partition coefficient (Wildman–Crippen LogP) is 4.37. The van der Waals surface area contributed by atoms with E-state index >= 15 is 0 Å². The number of hydrogen-bond acceptors (Lipinski definition) is 3. The number of hydrogen-bond donors (Lipinski definition) is 0. The Hall–Kier alpha value is -2.58. The minimum atomic E-state index is -4.41. The SMILES string of the molecule is O=S(=O)(c1ccc2ccccc2c1)N1CCN(c2cccc(C(F)(F)F)c2)CC1. The molecule has 29 heavy (non-hydrogen) atoms. The molecule has 0 bridgehead atoms. The molecule has 0 N–H and O–H groups in total. The van der Waals surface area contributed by atoms with E-state index in [9.17, 15) is 21.6 Å². The second kappa shape index (κ2) is 7.35. The van der Waals surface area contributed by atoms with Crippen LogP contribution in [0, 0.1) is 0 Å². The molecule has 1 saturated heterocycles. The molecule has 4 rings (SSSR count). The molecule has 3 aromatic rings. The van der Waals surface area contributed by atoms with Crippen LogP contribution in [-0.2, 0) is 16.2 Å². The van der Waals surface area contributed by atoms with E-state index in [0.717, 1.165) is 22.9 Å². The zero-order chi connectivity index (χ0) is 20.6. The van der Waals surface area contributed by atoms with Crippen molar-refractivity contribution in [2.45, 2.75) is 11.1 Å². The third-order valence-electron chi connectivity index (χ3n) is 5.14. The van der Waals surface area contributed by atoms with Gasteiger partial charge in [0.1, 0.15) is 0 Å². The molecular weight excluding hydrogens is 401 g/mol. The highest BCUT2D eigenvalue weighted by atomic mass is 32.2. The Morgan fingerprint density at radius 2 is 1.45 bits per heavy atom. The van der Waals surface area contributed by atoms with E-state index in [1.807, 2.05) is 24.3 Å². The number of anilines is 1. The number of halogens is 3. The summed E-state index contributed by atoms with van der Waals surface area (Å²) in [5.41, 5.74) is -0.260. The molecule has 0 spiro atoms. The third kappa shape index (κ3) is 3.95. The first-order valence-electron chi connectivity index (χ1n) is 9.16. The van der Waals surface area contributed by atoms with Gasteiger partial charge in [-0.3, -0.25) is 0 Å². The van der Waals surface area contributed by atoms with E-state index in [4.69, 9.17) is 0 Å². The van der Waals surface area contributed by atoms with Crippen molar-refractivity contribution in [2.75, 3.05) is 31.1 Å². The third-order valence-corrected chi connectivity index (χ3v) is 7.03. The maximum Gasteiger partial charge on any atom is 0.416 e. The van der Waals surface area contributed by atoms with E-state index in [1.54, 1.807) is 29.2 Å². The van der Waals surface area contributed by atoms with Crippen LogP contribution in [0.15, 0.2) is 71.6 Å². The number of benzene rings is 3. The molecule has 152 valence electrons. The fourth-order valence-corrected chi connectivity index (χ4v) is 5.00. The standard InChI is InChI=1S/C21H19F3N2O2S/c22-21(23,24)18-6-3-7-19(15-18)25-10-12-26(13-11-25)29(27,28)20-9-8-16-4-1-2-5-17(16)14-20/h1-9,14-15H,10-13H2. The Kier molecular flexibility index (Phi) is 5.00. The Morgan fingerprint density at radius 1 is 0.759 bits per heavy atom. The van der Waals surface area contributed by atoms with Crippen molar-refractivity contribution in [3.05, 3.63) is 72.3 Å². The van der Waals surface area contributed by atoms with Gasteiger partial charge in [0.2, 0.25) is 10.0 Å². The zero-order valence-electron chi connectivity index (χ0n) is 15.4. The first-order valence-corrected chi connectivity index (χ1v) is 10.6. The van der Waals surface area contributed by atoms with Crippen LogP contribution in [0.1, 0.15) is 5.56 Å². The van der Waals surface area contributed by atoms with Crippen molar-refractivity contribution in [3.8, 4) is 0 Å². The summed E-state index contributed by atoms with van der Waals surface area (Å²) < 4.78 is 66.3. The highest BCUT2D eigenvalue weighted by molar-refractivity contribution is 7.89. The summed E-state index contributed by atoms with van der Waals surface area (Å²) in [7, 11) is -3.66. The van der Waals surface area contributed by atoms with Crippen LogP contribution in [0.4, 0.5) is 18.9 Å². The van der Waals surface area contributed by atoms with Crippen molar-refractivity contribution < 1.29 is 21.6 Å². The quantitative estimate of drug-likeness (QED) is 0.632. The van der Waals surface area contributed by atoms with Crippen LogP contribution < -0.4 is 4.90 Å². The maximum absolute atomic E-state index is 13.0. The van der Waals surface area contributed by atoms with Crippen LogP contribution in [0.2, 0.25) is 0 Å². The average Bonchev–Trinajstić information content (AvgIpc) is 2.73. The van der Waals surface area contributed by atoms with Crippen molar-refractivity contribution in [2.24, 2.45) is 0 Å². The highest BCUT2D eigenvalue weighted by Crippen LogP contribution is 2.32. The largest absolute Gasteiger partial charge is 0.416 e. The number of sulfonamides is 1. The zero-order valence-corrected chi connectivity index (χ0v) is 16.2. The lowest BCUT2D eigenvalue weighted by Gasteiger charge is -2.35. The minimum Gasteiger partial charge on any atom is -0.369 e. The van der Waals surface area contributed by atoms with Crippen molar-refractivity contribution >= 4 is 26.5 Å². The summed E-state index contributed by atoms with van der Waals surface area (Å²) in [6.07, 6.45) is -4.41. The number of alkyl halides is 3. The van der Waals surface area contributed by atoms with Gasteiger partial charge in [-0.1, -0.05) is 36.4 Å². The molecule has 1 aliphatic rings. The van der Waals surface area contributed by atoms with Crippen LogP contribution >= 0.6 is 0 Å². The molecule has 1 aliphatic heterocycles. The Balaban J connectivity index is 1.51. The lowest BCUT2D eigenvalue weighted by molar-refractivity contribution is -0.137. The van der Waals surface area contributed by atoms with Gasteiger partial charge in [-0.15, -0.1) is 0 Å². The molecular formula is C21H19F3N2O2S. The van der Waals surface area contributed by atoms with Gasteiger partial charge in [0.15, 0.2) is 0 Å². The van der Waals surface area contributed by atoms with Gasteiger partial charge in [0.25, 0.3) is 0 Å². The molecule has 0 unspecified atom stereocenters. The minimum absolute atomic E-state index is 0.214. The lowest BCUT2D eigenvalue weighted by Crippen LogP contribution is -2.48. The van der Waals surface area contributed by atoms with E-state index in [0.29, 0.717) is 18.8 Å². The van der Waals surface area contributed by atoms with Crippen LogP contribution in [0.25, 0.3) is 10.8 Å². The topological polar surface area (TPSA) is 40.6 Å². The van der Waals surface area contributed by atoms with Crippen LogP contribution in [-0.4, -0.2) is 38.9 Å². The van der Waals surface area contributed by atoms with E-state index < -0.39 is 21.8 Å². The summed E-state index contributed by atoms with van der Waals surface area (Å²) in [6.45, 7) is 1.08. The Labute approximate surface area is 167 Å². The first-order chi connectivity index (χ1) is 13.7. The number of fused-ring (bicyclic) bond motifs is 1.